The van der Waals surface area contributed by atoms with Gasteiger partial charge in [0.2, 0.25) is 0 Å². The number of hydrogen-bond acceptors (Lipinski definition) is 4. The van der Waals surface area contributed by atoms with Crippen molar-refractivity contribution in [3.8, 4) is 28.4 Å². The number of ether oxygens (including phenoxy) is 1. The van der Waals surface area contributed by atoms with Crippen LogP contribution >= 0.6 is 0 Å². The van der Waals surface area contributed by atoms with Gasteiger partial charge in [0.15, 0.2) is 0 Å². The second kappa shape index (κ2) is 17.3. The topological polar surface area (TPSA) is 33.5 Å². The number of aromatic nitrogens is 2. The van der Waals surface area contributed by atoms with Gasteiger partial charge in [0.05, 0.1) is 17.7 Å². The van der Waals surface area contributed by atoms with Crippen LogP contribution in [0.1, 0.15) is 97.1 Å². The van der Waals surface area contributed by atoms with E-state index in [1.54, 1.807) is 0 Å². The molecule has 1 aliphatic rings. The maximum atomic E-state index is 7.10. The van der Waals surface area contributed by atoms with E-state index in [1.165, 1.54) is 44.6 Å². The summed E-state index contributed by atoms with van der Waals surface area (Å²) in [6.45, 7) is 23.8. The molecular formula is C64H64N4O. The van der Waals surface area contributed by atoms with Crippen LogP contribution in [0.4, 0.5) is 11.4 Å². The summed E-state index contributed by atoms with van der Waals surface area (Å²) in [6, 6.07) is 65.6. The Morgan fingerprint density at radius 3 is 1.68 bits per heavy atom. The van der Waals surface area contributed by atoms with Gasteiger partial charge in [-0.3, -0.25) is 4.57 Å². The lowest BCUT2D eigenvalue weighted by atomic mass is 9.78. The first kappa shape index (κ1) is 45.4. The number of benzene rings is 7. The van der Waals surface area contributed by atoms with E-state index in [0.29, 0.717) is 6.67 Å². The highest BCUT2D eigenvalue weighted by atomic mass is 16.5. The molecule has 0 unspecified atom stereocenters. The first-order valence-electron chi connectivity index (χ1n) is 24.4. The van der Waals surface area contributed by atoms with E-state index in [1.807, 2.05) is 6.20 Å². The van der Waals surface area contributed by atoms with Gasteiger partial charge in [-0.1, -0.05) is 184 Å². The second-order valence-electron chi connectivity index (χ2n) is 21.9. The van der Waals surface area contributed by atoms with Gasteiger partial charge < -0.3 is 14.5 Å². The number of nitrogens with zero attached hydrogens (tertiary/aromatic N) is 4. The van der Waals surface area contributed by atoms with Crippen molar-refractivity contribution in [2.24, 2.45) is 0 Å². The maximum absolute atomic E-state index is 7.10. The number of allylic oxidation sites excluding steroid dienone is 1. The summed E-state index contributed by atoms with van der Waals surface area (Å²) in [5.41, 5.74) is 13.6. The van der Waals surface area contributed by atoms with Gasteiger partial charge in [-0.15, -0.1) is 0 Å². The average Bonchev–Trinajstić information content (AvgIpc) is 3.95. The summed E-state index contributed by atoms with van der Waals surface area (Å²) < 4.78 is 9.39. The average molecular weight is 905 g/mol. The smallest absolute Gasteiger partial charge is 0.137 e. The Morgan fingerprint density at radius 1 is 0.435 bits per heavy atom. The molecule has 1 aliphatic heterocycles. The Bertz CT molecular complexity index is 3320. The highest BCUT2D eigenvalue weighted by molar-refractivity contribution is 6.09. The summed E-state index contributed by atoms with van der Waals surface area (Å²) in [6.07, 6.45) is 4.33. The second-order valence-corrected chi connectivity index (χ2v) is 21.9. The minimum Gasteiger partial charge on any atom is -0.457 e. The van der Waals surface area contributed by atoms with Crippen LogP contribution in [-0.4, -0.2) is 16.2 Å². The van der Waals surface area contributed by atoms with Crippen molar-refractivity contribution in [3.63, 3.8) is 0 Å². The molecule has 3 heterocycles. The van der Waals surface area contributed by atoms with Gasteiger partial charge in [0.1, 0.15) is 17.3 Å². The molecule has 0 saturated heterocycles. The van der Waals surface area contributed by atoms with Crippen molar-refractivity contribution in [2.45, 2.75) is 90.9 Å². The number of hydrogen-bond donors (Lipinski definition) is 0. The first-order chi connectivity index (χ1) is 32.9. The number of para-hydroxylation sites is 1. The SMILES string of the molecule is CC(C)(C)c1cc(N2C=C(C(C)(C)c3ccccc3)N(c3cc(Oc4ccc5c6ccccc6n(-c6cc(C(C)(C)c7ccccc7)ccn6)c5c4)cc(-c4ccccc4)c3)C2)cc(C(C)(C)C)c1. The number of pyridine rings is 1. The molecule has 0 atom stereocenters. The van der Waals surface area contributed by atoms with Crippen molar-refractivity contribution >= 4 is 33.2 Å². The minimum absolute atomic E-state index is 0.0151. The largest absolute Gasteiger partial charge is 0.457 e. The van der Waals surface area contributed by atoms with Crippen molar-refractivity contribution in [1.29, 1.82) is 0 Å². The van der Waals surface area contributed by atoms with Gasteiger partial charge in [-0.2, -0.15) is 0 Å². The molecule has 0 fully saturated rings. The van der Waals surface area contributed by atoms with Gasteiger partial charge in [-0.05, 0) is 104 Å². The fourth-order valence-electron chi connectivity index (χ4n) is 9.95. The van der Waals surface area contributed by atoms with Crippen molar-refractivity contribution in [3.05, 3.63) is 228 Å². The third-order valence-corrected chi connectivity index (χ3v) is 14.4. The number of fused-ring (bicyclic) bond motifs is 3. The van der Waals surface area contributed by atoms with Crippen LogP contribution < -0.4 is 14.5 Å². The maximum Gasteiger partial charge on any atom is 0.137 e. The van der Waals surface area contributed by atoms with E-state index in [2.05, 4.69) is 272 Å². The fourth-order valence-corrected chi connectivity index (χ4v) is 9.95. The Labute approximate surface area is 409 Å². The Balaban J connectivity index is 1.10. The summed E-state index contributed by atoms with van der Waals surface area (Å²) in [5, 5.41) is 2.31. The van der Waals surface area contributed by atoms with E-state index in [4.69, 9.17) is 9.72 Å². The molecule has 5 heteroatoms. The minimum atomic E-state index is -0.339. The van der Waals surface area contributed by atoms with Crippen LogP contribution in [0.3, 0.4) is 0 Å². The molecule has 0 radical (unpaired) electrons. The Kier molecular flexibility index (Phi) is 11.4. The van der Waals surface area contributed by atoms with E-state index < -0.39 is 0 Å². The molecule has 0 spiro atoms. The monoisotopic (exact) mass is 905 g/mol. The van der Waals surface area contributed by atoms with E-state index in [-0.39, 0.29) is 21.7 Å². The van der Waals surface area contributed by atoms with E-state index in [0.717, 1.165) is 50.6 Å². The molecule has 69 heavy (non-hydrogen) atoms. The molecule has 9 aromatic rings. The molecule has 0 amide bonds. The highest BCUT2D eigenvalue weighted by Gasteiger charge is 2.37. The van der Waals surface area contributed by atoms with E-state index in [9.17, 15) is 0 Å². The zero-order valence-electron chi connectivity index (χ0n) is 41.9. The summed E-state index contributed by atoms with van der Waals surface area (Å²) in [7, 11) is 0. The zero-order chi connectivity index (χ0) is 48.3. The lowest BCUT2D eigenvalue weighted by Gasteiger charge is -2.34. The number of anilines is 2. The Hall–Kier alpha value is -7.37. The van der Waals surface area contributed by atoms with Crippen LogP contribution in [0.5, 0.6) is 11.5 Å². The number of rotatable bonds is 10. The summed E-state index contributed by atoms with van der Waals surface area (Å²) in [5.74, 6) is 2.38. The highest BCUT2D eigenvalue weighted by Crippen LogP contribution is 2.45. The molecule has 0 saturated carbocycles. The molecule has 0 N–H and O–H groups in total. The molecule has 346 valence electrons. The standard InChI is InChI=1S/C64H64N4O/c1-61(2,3)49-36-50(62(4,5)6)38-51(37-49)66-42-59(64(9,10)47-26-18-13-19-27-47)67(43-66)52-34-45(44-22-14-11-15-23-44)35-54(40-52)69-53-30-31-56-55-28-20-21-29-57(55)68(58(56)41-53)60-39-48(32-33-65-60)63(7,8)46-24-16-12-17-25-46/h11-42H,43H2,1-10H3. The molecule has 7 aromatic carbocycles. The normalized spacial score (nSPS) is 13.6. The summed E-state index contributed by atoms with van der Waals surface area (Å²) >= 11 is 0. The van der Waals surface area contributed by atoms with Gasteiger partial charge >= 0.3 is 0 Å². The zero-order valence-corrected chi connectivity index (χ0v) is 41.9. The Morgan fingerprint density at radius 2 is 1.03 bits per heavy atom. The third-order valence-electron chi connectivity index (χ3n) is 14.4. The van der Waals surface area contributed by atoms with Crippen LogP contribution in [-0.2, 0) is 21.7 Å². The van der Waals surface area contributed by atoms with Crippen LogP contribution in [0.15, 0.2) is 200 Å². The lowest BCUT2D eigenvalue weighted by molar-refractivity contribution is 0.483. The molecule has 5 nitrogen and oxygen atoms in total. The fraction of sp³-hybridized carbons (Fsp3) is 0.234. The summed E-state index contributed by atoms with van der Waals surface area (Å²) in [4.78, 5) is 9.95. The molecule has 2 aromatic heterocycles. The molecule has 0 aliphatic carbocycles. The predicted octanol–water partition coefficient (Wildman–Crippen LogP) is 16.7. The van der Waals surface area contributed by atoms with Crippen LogP contribution in [0.2, 0.25) is 0 Å². The molecule has 10 rings (SSSR count). The van der Waals surface area contributed by atoms with Crippen LogP contribution in [0.25, 0.3) is 38.8 Å². The quantitative estimate of drug-likeness (QED) is 0.137. The van der Waals surface area contributed by atoms with Crippen molar-refractivity contribution in [2.75, 3.05) is 16.5 Å². The third kappa shape index (κ3) is 8.72. The first-order valence-corrected chi connectivity index (χ1v) is 24.4. The van der Waals surface area contributed by atoms with Crippen LogP contribution in [0, 0.1) is 0 Å². The van der Waals surface area contributed by atoms with E-state index >= 15 is 0 Å². The van der Waals surface area contributed by atoms with Crippen molar-refractivity contribution in [1.82, 2.24) is 9.55 Å². The molecular weight excluding hydrogens is 841 g/mol. The van der Waals surface area contributed by atoms with Gasteiger partial charge in [0, 0.05) is 63.2 Å². The van der Waals surface area contributed by atoms with Gasteiger partial charge in [0.25, 0.3) is 0 Å². The lowest BCUT2D eigenvalue weighted by Crippen LogP contribution is -2.34. The predicted molar refractivity (Wildman–Crippen MR) is 290 cm³/mol. The molecule has 0 bridgehead atoms. The van der Waals surface area contributed by atoms with Gasteiger partial charge in [-0.25, -0.2) is 4.98 Å². The van der Waals surface area contributed by atoms with Crippen molar-refractivity contribution < 1.29 is 4.74 Å².